The molecule has 1 aromatic rings. The number of rotatable bonds is 3. The maximum absolute atomic E-state index is 5.33. The van der Waals surface area contributed by atoms with Crippen molar-refractivity contribution >= 4 is 23.5 Å². The van der Waals surface area contributed by atoms with Gasteiger partial charge in [-0.05, 0) is 20.9 Å². The average Bonchev–Trinajstić information content (AvgIpc) is 2.80. The second-order valence-electron chi connectivity index (χ2n) is 4.27. The fourth-order valence-corrected chi connectivity index (χ4v) is 3.95. The SMILES string of the molecule is CNC(C)(C)c1nc(C2CSCCS2)no1. The summed E-state index contributed by atoms with van der Waals surface area (Å²) in [5.74, 6) is 5.00. The molecule has 0 bridgehead atoms. The van der Waals surface area contributed by atoms with Gasteiger partial charge in [0.1, 0.15) is 0 Å². The van der Waals surface area contributed by atoms with Gasteiger partial charge in [-0.2, -0.15) is 16.7 Å². The maximum Gasteiger partial charge on any atom is 0.246 e. The van der Waals surface area contributed by atoms with Gasteiger partial charge in [-0.25, -0.2) is 0 Å². The number of aromatic nitrogens is 2. The van der Waals surface area contributed by atoms with Gasteiger partial charge in [0.15, 0.2) is 5.82 Å². The Hall–Kier alpha value is -0.200. The Kier molecular flexibility index (Phi) is 3.81. The van der Waals surface area contributed by atoms with E-state index < -0.39 is 0 Å². The van der Waals surface area contributed by atoms with Crippen molar-refractivity contribution in [1.82, 2.24) is 15.5 Å². The van der Waals surface area contributed by atoms with Gasteiger partial charge in [0, 0.05) is 17.3 Å². The first kappa shape index (κ1) is 12.3. The van der Waals surface area contributed by atoms with E-state index in [0.29, 0.717) is 11.1 Å². The highest BCUT2D eigenvalue weighted by Crippen LogP contribution is 2.35. The molecule has 6 heteroatoms. The topological polar surface area (TPSA) is 51.0 Å². The molecule has 1 aliphatic heterocycles. The summed E-state index contributed by atoms with van der Waals surface area (Å²) in [7, 11) is 1.90. The van der Waals surface area contributed by atoms with Crippen LogP contribution in [0.1, 0.15) is 30.8 Å². The summed E-state index contributed by atoms with van der Waals surface area (Å²) in [5.41, 5.74) is -0.252. The average molecular weight is 259 g/mol. The summed E-state index contributed by atoms with van der Waals surface area (Å²) in [6.45, 7) is 4.07. The predicted molar refractivity (Wildman–Crippen MR) is 68.9 cm³/mol. The van der Waals surface area contributed by atoms with Gasteiger partial charge >= 0.3 is 0 Å². The summed E-state index contributed by atoms with van der Waals surface area (Å²) in [5, 5.41) is 7.65. The van der Waals surface area contributed by atoms with E-state index in [0.717, 1.165) is 11.6 Å². The van der Waals surface area contributed by atoms with Gasteiger partial charge in [0.25, 0.3) is 0 Å². The largest absolute Gasteiger partial charge is 0.337 e. The number of nitrogens with zero attached hydrogens (tertiary/aromatic N) is 2. The minimum atomic E-state index is -0.252. The first-order valence-electron chi connectivity index (χ1n) is 5.36. The van der Waals surface area contributed by atoms with E-state index >= 15 is 0 Å². The van der Waals surface area contributed by atoms with Gasteiger partial charge in [-0.3, -0.25) is 0 Å². The zero-order valence-electron chi connectivity index (χ0n) is 9.82. The molecule has 1 aliphatic rings. The van der Waals surface area contributed by atoms with E-state index in [1.807, 2.05) is 44.4 Å². The molecule has 0 radical (unpaired) electrons. The molecule has 0 saturated carbocycles. The minimum Gasteiger partial charge on any atom is -0.337 e. The Morgan fingerprint density at radius 2 is 2.25 bits per heavy atom. The fourth-order valence-electron chi connectivity index (χ4n) is 1.36. The van der Waals surface area contributed by atoms with Gasteiger partial charge in [0.05, 0.1) is 10.8 Å². The van der Waals surface area contributed by atoms with Crippen molar-refractivity contribution in [2.24, 2.45) is 0 Å². The van der Waals surface area contributed by atoms with Crippen LogP contribution in [0.3, 0.4) is 0 Å². The number of hydrogen-bond donors (Lipinski definition) is 1. The van der Waals surface area contributed by atoms with Gasteiger partial charge in [-0.1, -0.05) is 5.16 Å². The van der Waals surface area contributed by atoms with E-state index in [-0.39, 0.29) is 5.54 Å². The number of hydrogen-bond acceptors (Lipinski definition) is 6. The highest BCUT2D eigenvalue weighted by Gasteiger charge is 2.28. The van der Waals surface area contributed by atoms with Gasteiger partial charge < -0.3 is 9.84 Å². The molecule has 0 spiro atoms. The van der Waals surface area contributed by atoms with Crippen LogP contribution >= 0.6 is 23.5 Å². The van der Waals surface area contributed by atoms with Crippen molar-refractivity contribution in [3.05, 3.63) is 11.7 Å². The molecule has 1 unspecified atom stereocenters. The highest BCUT2D eigenvalue weighted by atomic mass is 32.2. The molecule has 2 heterocycles. The molecule has 2 rings (SSSR count). The summed E-state index contributed by atoms with van der Waals surface area (Å²) >= 11 is 3.88. The standard InChI is InChI=1S/C10H17N3OS2/c1-10(2,11-3)9-12-8(13-14-9)7-6-15-4-5-16-7/h7,11H,4-6H2,1-3H3. The van der Waals surface area contributed by atoms with E-state index in [1.165, 1.54) is 11.5 Å². The molecule has 4 nitrogen and oxygen atoms in total. The van der Waals surface area contributed by atoms with Crippen LogP contribution in [0, 0.1) is 0 Å². The van der Waals surface area contributed by atoms with Gasteiger partial charge in [0.2, 0.25) is 5.89 Å². The summed E-state index contributed by atoms with van der Waals surface area (Å²) in [6, 6.07) is 0. The lowest BCUT2D eigenvalue weighted by Gasteiger charge is -2.19. The molecule has 0 aromatic carbocycles. The van der Waals surface area contributed by atoms with Crippen molar-refractivity contribution in [3.63, 3.8) is 0 Å². The van der Waals surface area contributed by atoms with E-state index in [2.05, 4.69) is 15.5 Å². The van der Waals surface area contributed by atoms with E-state index in [4.69, 9.17) is 4.52 Å². The van der Waals surface area contributed by atoms with Crippen molar-refractivity contribution in [2.45, 2.75) is 24.6 Å². The molecule has 0 amide bonds. The van der Waals surface area contributed by atoms with Crippen LogP contribution in [0.5, 0.6) is 0 Å². The molecule has 1 fully saturated rings. The van der Waals surface area contributed by atoms with Crippen LogP contribution in [0.15, 0.2) is 4.52 Å². The van der Waals surface area contributed by atoms with Crippen LogP contribution in [-0.2, 0) is 5.54 Å². The minimum absolute atomic E-state index is 0.252. The molecule has 0 aliphatic carbocycles. The first-order valence-corrected chi connectivity index (χ1v) is 7.56. The quantitative estimate of drug-likeness (QED) is 0.896. The van der Waals surface area contributed by atoms with E-state index in [1.54, 1.807) is 0 Å². The first-order chi connectivity index (χ1) is 7.63. The van der Waals surface area contributed by atoms with Crippen LogP contribution < -0.4 is 5.32 Å². The Balaban J connectivity index is 2.12. The third kappa shape index (κ3) is 2.55. The second-order valence-corrected chi connectivity index (χ2v) is 6.73. The fraction of sp³-hybridized carbons (Fsp3) is 0.800. The summed E-state index contributed by atoms with van der Waals surface area (Å²) < 4.78 is 5.33. The second kappa shape index (κ2) is 4.98. The molecule has 1 atom stereocenters. The van der Waals surface area contributed by atoms with E-state index in [9.17, 15) is 0 Å². The van der Waals surface area contributed by atoms with Crippen LogP contribution in [-0.4, -0.2) is 34.4 Å². The molecule has 1 N–H and O–H groups in total. The third-order valence-corrected chi connectivity index (χ3v) is 5.46. The zero-order valence-corrected chi connectivity index (χ0v) is 11.5. The summed E-state index contributed by atoms with van der Waals surface area (Å²) in [6.07, 6.45) is 0. The van der Waals surface area contributed by atoms with Crippen molar-refractivity contribution in [3.8, 4) is 0 Å². The number of thioether (sulfide) groups is 2. The molecular formula is C10H17N3OS2. The van der Waals surface area contributed by atoms with Crippen LogP contribution in [0.2, 0.25) is 0 Å². The molecule has 1 aromatic heterocycles. The predicted octanol–water partition coefficient (Wildman–Crippen LogP) is 2.05. The Bertz CT molecular complexity index is 348. The lowest BCUT2D eigenvalue weighted by Crippen LogP contribution is -2.33. The Labute approximate surface area is 104 Å². The zero-order chi connectivity index (χ0) is 11.6. The lowest BCUT2D eigenvalue weighted by atomic mass is 10.1. The third-order valence-electron chi connectivity index (χ3n) is 2.71. The molecular weight excluding hydrogens is 242 g/mol. The maximum atomic E-state index is 5.33. The highest BCUT2D eigenvalue weighted by molar-refractivity contribution is 8.06. The van der Waals surface area contributed by atoms with Gasteiger partial charge in [-0.15, -0.1) is 11.8 Å². The Morgan fingerprint density at radius 1 is 1.44 bits per heavy atom. The van der Waals surface area contributed by atoms with Crippen LogP contribution in [0.25, 0.3) is 0 Å². The molecule has 90 valence electrons. The monoisotopic (exact) mass is 259 g/mol. The molecule has 16 heavy (non-hydrogen) atoms. The van der Waals surface area contributed by atoms with Crippen LogP contribution in [0.4, 0.5) is 0 Å². The normalized spacial score (nSPS) is 22.3. The summed E-state index contributed by atoms with van der Waals surface area (Å²) in [4.78, 5) is 4.50. The van der Waals surface area contributed by atoms with Crippen molar-refractivity contribution in [1.29, 1.82) is 0 Å². The van der Waals surface area contributed by atoms with Crippen molar-refractivity contribution in [2.75, 3.05) is 24.3 Å². The Morgan fingerprint density at radius 3 is 2.88 bits per heavy atom. The van der Waals surface area contributed by atoms with Crippen molar-refractivity contribution < 1.29 is 4.52 Å². The number of nitrogens with one attached hydrogen (secondary N) is 1. The molecule has 1 saturated heterocycles. The lowest BCUT2D eigenvalue weighted by molar-refractivity contribution is 0.279. The smallest absolute Gasteiger partial charge is 0.246 e.